The molecule has 0 rings (SSSR count). The molecule has 0 heterocycles. The van der Waals surface area contributed by atoms with Crippen LogP contribution in [0.4, 0.5) is 0 Å². The van der Waals surface area contributed by atoms with Gasteiger partial charge in [-0.2, -0.15) is 0 Å². The van der Waals surface area contributed by atoms with Crippen LogP contribution < -0.4 is 10.6 Å². The van der Waals surface area contributed by atoms with Gasteiger partial charge in [-0.25, -0.2) is 0 Å². The molecule has 3 N–H and O–H groups in total. The van der Waals surface area contributed by atoms with Crippen molar-refractivity contribution in [2.45, 2.75) is 45.7 Å². The predicted molar refractivity (Wildman–Crippen MR) is 56.9 cm³/mol. The highest BCUT2D eigenvalue weighted by Crippen LogP contribution is 1.88. The van der Waals surface area contributed by atoms with Crippen molar-refractivity contribution in [2.24, 2.45) is 0 Å². The molecule has 0 radical (unpaired) electrons. The molecular formula is C10H24N2O. The van der Waals surface area contributed by atoms with Crippen LogP contribution in [0, 0.1) is 0 Å². The summed E-state index contributed by atoms with van der Waals surface area (Å²) in [5, 5.41) is 15.6. The van der Waals surface area contributed by atoms with Gasteiger partial charge in [-0.1, -0.05) is 13.8 Å². The number of hydrogen-bond donors (Lipinski definition) is 3. The quantitative estimate of drug-likeness (QED) is 0.492. The van der Waals surface area contributed by atoms with Crippen LogP contribution in [0.1, 0.15) is 33.6 Å². The summed E-state index contributed by atoms with van der Waals surface area (Å²) in [4.78, 5) is 0. The van der Waals surface area contributed by atoms with E-state index in [1.165, 1.54) is 0 Å². The Bertz CT molecular complexity index is 105. The first-order valence-corrected chi connectivity index (χ1v) is 5.32. The molecule has 13 heavy (non-hydrogen) atoms. The molecule has 0 bridgehead atoms. The second kappa shape index (κ2) is 8.48. The molecule has 3 nitrogen and oxygen atoms in total. The molecule has 0 aromatic rings. The third-order valence-electron chi connectivity index (χ3n) is 2.38. The van der Waals surface area contributed by atoms with Crippen molar-refractivity contribution in [1.29, 1.82) is 0 Å². The maximum Gasteiger partial charge on any atom is 0.0584 e. The molecule has 2 atom stereocenters. The first-order valence-electron chi connectivity index (χ1n) is 5.32. The lowest BCUT2D eigenvalue weighted by Crippen LogP contribution is -2.39. The standard InChI is InChI=1S/C10H24N2O/c1-4-9(3)11-6-7-12-10(5-2)8-13/h9-13H,4-8H2,1-3H3/t9-,10-/m0/s1. The average molecular weight is 188 g/mol. The van der Waals surface area contributed by atoms with Gasteiger partial charge in [-0.3, -0.25) is 0 Å². The SMILES string of the molecule is CC[C@@H](CO)NCCN[C@@H](C)CC. The van der Waals surface area contributed by atoms with Gasteiger partial charge in [0.25, 0.3) is 0 Å². The topological polar surface area (TPSA) is 44.3 Å². The molecule has 3 heteroatoms. The van der Waals surface area contributed by atoms with E-state index in [-0.39, 0.29) is 12.6 Å². The predicted octanol–water partition coefficient (Wildman–Crippen LogP) is 0.735. The Morgan fingerprint density at radius 3 is 2.15 bits per heavy atom. The zero-order valence-electron chi connectivity index (χ0n) is 9.14. The van der Waals surface area contributed by atoms with E-state index < -0.39 is 0 Å². The molecule has 0 aliphatic carbocycles. The van der Waals surface area contributed by atoms with Crippen LogP contribution in [0.3, 0.4) is 0 Å². The molecule has 0 amide bonds. The van der Waals surface area contributed by atoms with Crippen LogP contribution in [-0.4, -0.2) is 36.9 Å². The molecule has 0 aromatic heterocycles. The van der Waals surface area contributed by atoms with Crippen molar-refractivity contribution in [3.8, 4) is 0 Å². The number of aliphatic hydroxyl groups excluding tert-OH is 1. The van der Waals surface area contributed by atoms with Crippen molar-refractivity contribution in [2.75, 3.05) is 19.7 Å². The van der Waals surface area contributed by atoms with E-state index in [1.54, 1.807) is 0 Å². The summed E-state index contributed by atoms with van der Waals surface area (Å²) in [7, 11) is 0. The molecule has 0 saturated heterocycles. The fourth-order valence-electron chi connectivity index (χ4n) is 1.08. The molecular weight excluding hydrogens is 164 g/mol. The summed E-state index contributed by atoms with van der Waals surface area (Å²) in [5.41, 5.74) is 0. The van der Waals surface area contributed by atoms with Gasteiger partial charge in [0.15, 0.2) is 0 Å². The Morgan fingerprint density at radius 1 is 1.08 bits per heavy atom. The summed E-state index contributed by atoms with van der Waals surface area (Å²) in [5.74, 6) is 0. The van der Waals surface area contributed by atoms with Gasteiger partial charge in [0, 0.05) is 25.2 Å². The van der Waals surface area contributed by atoms with E-state index in [9.17, 15) is 0 Å². The normalized spacial score (nSPS) is 15.7. The van der Waals surface area contributed by atoms with Gasteiger partial charge >= 0.3 is 0 Å². The Hall–Kier alpha value is -0.120. The number of hydrogen-bond acceptors (Lipinski definition) is 3. The largest absolute Gasteiger partial charge is 0.395 e. The van der Waals surface area contributed by atoms with E-state index in [1.807, 2.05) is 0 Å². The average Bonchev–Trinajstić information content (AvgIpc) is 2.18. The molecule has 0 saturated carbocycles. The first kappa shape index (κ1) is 12.9. The Kier molecular flexibility index (Phi) is 8.40. The molecule has 0 aliphatic heterocycles. The first-order chi connectivity index (χ1) is 6.24. The van der Waals surface area contributed by atoms with E-state index in [0.717, 1.165) is 25.9 Å². The van der Waals surface area contributed by atoms with Crippen molar-refractivity contribution >= 4 is 0 Å². The molecule has 0 spiro atoms. The summed E-state index contributed by atoms with van der Waals surface area (Å²) < 4.78 is 0. The Balaban J connectivity index is 3.23. The van der Waals surface area contributed by atoms with E-state index in [2.05, 4.69) is 31.4 Å². The zero-order chi connectivity index (χ0) is 10.1. The second-order valence-electron chi connectivity index (χ2n) is 3.51. The lowest BCUT2D eigenvalue weighted by atomic mass is 10.2. The fourth-order valence-corrected chi connectivity index (χ4v) is 1.08. The minimum atomic E-state index is 0.236. The maximum absolute atomic E-state index is 8.90. The van der Waals surface area contributed by atoms with Crippen molar-refractivity contribution in [3.63, 3.8) is 0 Å². The Morgan fingerprint density at radius 2 is 1.69 bits per heavy atom. The minimum Gasteiger partial charge on any atom is -0.395 e. The van der Waals surface area contributed by atoms with E-state index >= 15 is 0 Å². The van der Waals surface area contributed by atoms with Gasteiger partial charge in [-0.05, 0) is 19.8 Å². The highest BCUT2D eigenvalue weighted by atomic mass is 16.3. The highest BCUT2D eigenvalue weighted by molar-refractivity contribution is 4.65. The van der Waals surface area contributed by atoms with Crippen molar-refractivity contribution in [3.05, 3.63) is 0 Å². The molecule has 0 aromatic carbocycles. The van der Waals surface area contributed by atoms with Crippen molar-refractivity contribution < 1.29 is 5.11 Å². The summed E-state index contributed by atoms with van der Waals surface area (Å²) in [6.07, 6.45) is 2.15. The third kappa shape index (κ3) is 6.99. The third-order valence-corrected chi connectivity index (χ3v) is 2.38. The van der Waals surface area contributed by atoms with Crippen LogP contribution >= 0.6 is 0 Å². The van der Waals surface area contributed by atoms with Gasteiger partial charge in [-0.15, -0.1) is 0 Å². The van der Waals surface area contributed by atoms with Crippen LogP contribution in [0.2, 0.25) is 0 Å². The van der Waals surface area contributed by atoms with Crippen LogP contribution in [0.25, 0.3) is 0 Å². The number of nitrogens with one attached hydrogen (secondary N) is 2. The van der Waals surface area contributed by atoms with Crippen LogP contribution in [0.15, 0.2) is 0 Å². The van der Waals surface area contributed by atoms with Crippen LogP contribution in [-0.2, 0) is 0 Å². The van der Waals surface area contributed by atoms with Gasteiger partial charge in [0.1, 0.15) is 0 Å². The number of aliphatic hydroxyl groups is 1. The van der Waals surface area contributed by atoms with Gasteiger partial charge in [0.05, 0.1) is 6.61 Å². The smallest absolute Gasteiger partial charge is 0.0584 e. The maximum atomic E-state index is 8.90. The monoisotopic (exact) mass is 188 g/mol. The van der Waals surface area contributed by atoms with Crippen molar-refractivity contribution in [1.82, 2.24) is 10.6 Å². The molecule has 0 aliphatic rings. The lowest BCUT2D eigenvalue weighted by molar-refractivity contribution is 0.239. The van der Waals surface area contributed by atoms with Crippen LogP contribution in [0.5, 0.6) is 0 Å². The zero-order valence-corrected chi connectivity index (χ0v) is 9.14. The van der Waals surface area contributed by atoms with E-state index in [0.29, 0.717) is 6.04 Å². The fraction of sp³-hybridized carbons (Fsp3) is 1.00. The lowest BCUT2D eigenvalue weighted by Gasteiger charge is -2.16. The number of rotatable bonds is 8. The minimum absolute atomic E-state index is 0.236. The van der Waals surface area contributed by atoms with Gasteiger partial charge in [0.2, 0.25) is 0 Å². The molecule has 80 valence electrons. The second-order valence-corrected chi connectivity index (χ2v) is 3.51. The summed E-state index contributed by atoms with van der Waals surface area (Å²) in [6, 6.07) is 0.856. The summed E-state index contributed by atoms with van der Waals surface area (Å²) >= 11 is 0. The molecule has 0 fully saturated rings. The molecule has 0 unspecified atom stereocenters. The van der Waals surface area contributed by atoms with E-state index in [4.69, 9.17) is 5.11 Å². The highest BCUT2D eigenvalue weighted by Gasteiger charge is 2.02. The summed E-state index contributed by atoms with van der Waals surface area (Å²) in [6.45, 7) is 8.59. The Labute approximate surface area is 81.9 Å². The van der Waals surface area contributed by atoms with Gasteiger partial charge < -0.3 is 15.7 Å².